The number of halogens is 2. The summed E-state index contributed by atoms with van der Waals surface area (Å²) in [6.07, 6.45) is 1.24. The topological polar surface area (TPSA) is 80.4 Å². The average molecular weight is 309 g/mol. The van der Waals surface area contributed by atoms with E-state index in [1.54, 1.807) is 18.2 Å². The van der Waals surface area contributed by atoms with Crippen molar-refractivity contribution in [1.29, 1.82) is 0 Å². The van der Waals surface area contributed by atoms with Crippen LogP contribution in [-0.4, -0.2) is 30.7 Å². The molecule has 0 saturated heterocycles. The van der Waals surface area contributed by atoms with Gasteiger partial charge in [0.25, 0.3) is 5.78 Å². The third kappa shape index (κ3) is 2.09. The van der Waals surface area contributed by atoms with Gasteiger partial charge in [0.1, 0.15) is 6.33 Å². The Hall–Kier alpha value is -2.18. The van der Waals surface area contributed by atoms with E-state index in [-0.39, 0.29) is 11.5 Å². The van der Waals surface area contributed by atoms with Crippen molar-refractivity contribution in [2.75, 3.05) is 0 Å². The van der Waals surface area contributed by atoms with E-state index in [4.69, 9.17) is 23.2 Å². The fourth-order valence-corrected chi connectivity index (χ4v) is 2.31. The van der Waals surface area contributed by atoms with Crippen LogP contribution in [0, 0.1) is 0 Å². The molecule has 20 heavy (non-hydrogen) atoms. The molecule has 0 radical (unpaired) electrons. The Morgan fingerprint density at radius 3 is 2.75 bits per heavy atom. The van der Waals surface area contributed by atoms with E-state index in [0.29, 0.717) is 21.3 Å². The molecular weight excluding hydrogens is 303 g/mol. The normalized spacial score (nSPS) is 10.9. The molecule has 3 aromatic rings. The van der Waals surface area contributed by atoms with Crippen LogP contribution in [0.25, 0.3) is 17.0 Å². The number of hydrogen-bond donors (Lipinski definition) is 1. The van der Waals surface area contributed by atoms with Crippen molar-refractivity contribution < 1.29 is 9.90 Å². The fraction of sp³-hybridized carbons (Fsp3) is 0. The summed E-state index contributed by atoms with van der Waals surface area (Å²) in [4.78, 5) is 19.4. The van der Waals surface area contributed by atoms with Gasteiger partial charge in [0, 0.05) is 10.6 Å². The predicted molar refractivity (Wildman–Crippen MR) is 73.2 cm³/mol. The number of hydrogen-bond acceptors (Lipinski definition) is 4. The molecular formula is C12H6Cl2N4O2. The fourth-order valence-electron chi connectivity index (χ4n) is 1.80. The standard InChI is InChI=1S/C12H6Cl2N4O2/c13-6-1-2-7(8(14)3-6)9-4-10(11(19)20)18-12(17-9)15-5-16-18/h1-5H,(H,19,20). The summed E-state index contributed by atoms with van der Waals surface area (Å²) in [5.41, 5.74) is 0.919. The highest BCUT2D eigenvalue weighted by Gasteiger charge is 2.15. The Morgan fingerprint density at radius 2 is 2.05 bits per heavy atom. The van der Waals surface area contributed by atoms with Gasteiger partial charge in [0.05, 0.1) is 10.7 Å². The molecule has 1 N–H and O–H groups in total. The minimum Gasteiger partial charge on any atom is -0.477 e. The van der Waals surface area contributed by atoms with Crippen LogP contribution < -0.4 is 0 Å². The zero-order valence-electron chi connectivity index (χ0n) is 9.79. The van der Waals surface area contributed by atoms with Gasteiger partial charge in [0.2, 0.25) is 0 Å². The largest absolute Gasteiger partial charge is 0.477 e. The molecule has 100 valence electrons. The Morgan fingerprint density at radius 1 is 1.25 bits per heavy atom. The van der Waals surface area contributed by atoms with Crippen LogP contribution in [0.5, 0.6) is 0 Å². The van der Waals surface area contributed by atoms with E-state index in [9.17, 15) is 9.90 Å². The van der Waals surface area contributed by atoms with Crippen molar-refractivity contribution in [2.24, 2.45) is 0 Å². The summed E-state index contributed by atoms with van der Waals surface area (Å²) in [6, 6.07) is 6.28. The molecule has 0 amide bonds. The van der Waals surface area contributed by atoms with Gasteiger partial charge in [0.15, 0.2) is 5.69 Å². The Kier molecular flexibility index (Phi) is 3.04. The number of carbonyl (C=O) groups is 1. The molecule has 8 heteroatoms. The molecule has 0 fully saturated rings. The first-order chi connectivity index (χ1) is 9.56. The molecule has 0 aliphatic carbocycles. The monoisotopic (exact) mass is 308 g/mol. The van der Waals surface area contributed by atoms with Crippen LogP contribution in [0.4, 0.5) is 0 Å². The third-order valence-electron chi connectivity index (χ3n) is 2.68. The second-order valence-electron chi connectivity index (χ2n) is 3.93. The quantitative estimate of drug-likeness (QED) is 0.787. The van der Waals surface area contributed by atoms with Crippen molar-refractivity contribution >= 4 is 34.9 Å². The molecule has 2 heterocycles. The lowest BCUT2D eigenvalue weighted by atomic mass is 10.1. The average Bonchev–Trinajstić information content (AvgIpc) is 2.85. The van der Waals surface area contributed by atoms with Gasteiger partial charge in [-0.1, -0.05) is 23.2 Å². The maximum absolute atomic E-state index is 11.3. The van der Waals surface area contributed by atoms with Crippen molar-refractivity contribution in [1.82, 2.24) is 19.6 Å². The van der Waals surface area contributed by atoms with E-state index in [0.717, 1.165) is 4.52 Å². The summed E-state index contributed by atoms with van der Waals surface area (Å²) >= 11 is 11.9. The maximum Gasteiger partial charge on any atom is 0.354 e. The zero-order valence-corrected chi connectivity index (χ0v) is 11.3. The first kappa shape index (κ1) is 12.8. The molecule has 0 aliphatic rings. The van der Waals surface area contributed by atoms with E-state index in [1.165, 1.54) is 12.4 Å². The summed E-state index contributed by atoms with van der Waals surface area (Å²) < 4.78 is 1.15. The smallest absolute Gasteiger partial charge is 0.354 e. The molecule has 0 spiro atoms. The first-order valence-electron chi connectivity index (χ1n) is 5.46. The highest BCUT2D eigenvalue weighted by molar-refractivity contribution is 6.36. The molecule has 0 atom stereocenters. The molecule has 0 aliphatic heterocycles. The Labute approximate surface area is 122 Å². The lowest BCUT2D eigenvalue weighted by Crippen LogP contribution is -2.08. The second kappa shape index (κ2) is 4.73. The molecule has 0 bridgehead atoms. The highest BCUT2D eigenvalue weighted by atomic mass is 35.5. The van der Waals surface area contributed by atoms with Crippen LogP contribution in [0.15, 0.2) is 30.6 Å². The van der Waals surface area contributed by atoms with Gasteiger partial charge < -0.3 is 5.11 Å². The lowest BCUT2D eigenvalue weighted by Gasteiger charge is -2.06. The molecule has 2 aromatic heterocycles. The molecule has 6 nitrogen and oxygen atoms in total. The van der Waals surface area contributed by atoms with E-state index in [1.807, 2.05) is 0 Å². The van der Waals surface area contributed by atoms with Crippen molar-refractivity contribution in [2.45, 2.75) is 0 Å². The second-order valence-corrected chi connectivity index (χ2v) is 4.77. The minimum absolute atomic E-state index is 0.0477. The van der Waals surface area contributed by atoms with Crippen LogP contribution in [0.3, 0.4) is 0 Å². The summed E-state index contributed by atoms with van der Waals surface area (Å²) in [6.45, 7) is 0. The van der Waals surface area contributed by atoms with Gasteiger partial charge in [-0.15, -0.1) is 0 Å². The van der Waals surface area contributed by atoms with Crippen LogP contribution in [-0.2, 0) is 0 Å². The first-order valence-corrected chi connectivity index (χ1v) is 6.21. The highest BCUT2D eigenvalue weighted by Crippen LogP contribution is 2.29. The van der Waals surface area contributed by atoms with Gasteiger partial charge in [-0.25, -0.2) is 9.78 Å². The zero-order chi connectivity index (χ0) is 14.3. The third-order valence-corrected chi connectivity index (χ3v) is 3.23. The predicted octanol–water partition coefficient (Wildman–Crippen LogP) is 2.80. The van der Waals surface area contributed by atoms with Crippen LogP contribution in [0.1, 0.15) is 10.5 Å². The van der Waals surface area contributed by atoms with Gasteiger partial charge in [-0.05, 0) is 24.3 Å². The van der Waals surface area contributed by atoms with E-state index in [2.05, 4.69) is 15.1 Å². The van der Waals surface area contributed by atoms with E-state index < -0.39 is 5.97 Å². The number of nitrogens with zero attached hydrogens (tertiary/aromatic N) is 4. The van der Waals surface area contributed by atoms with Gasteiger partial charge >= 0.3 is 5.97 Å². The molecule has 0 saturated carbocycles. The van der Waals surface area contributed by atoms with Crippen molar-refractivity contribution in [3.05, 3.63) is 46.3 Å². The van der Waals surface area contributed by atoms with Gasteiger partial charge in [-0.2, -0.15) is 14.6 Å². The number of fused-ring (bicyclic) bond motifs is 1. The molecule has 1 aromatic carbocycles. The number of carboxylic acids is 1. The van der Waals surface area contributed by atoms with Crippen LogP contribution >= 0.6 is 23.2 Å². The van der Waals surface area contributed by atoms with Crippen LogP contribution in [0.2, 0.25) is 10.0 Å². The van der Waals surface area contributed by atoms with Crippen molar-refractivity contribution in [3.63, 3.8) is 0 Å². The molecule has 3 rings (SSSR count). The minimum atomic E-state index is -1.13. The van der Waals surface area contributed by atoms with E-state index >= 15 is 0 Å². The lowest BCUT2D eigenvalue weighted by molar-refractivity contribution is 0.0687. The van der Waals surface area contributed by atoms with Gasteiger partial charge in [-0.3, -0.25) is 0 Å². The number of carboxylic acid groups (broad SMARTS) is 1. The number of benzene rings is 1. The number of aromatic nitrogens is 4. The van der Waals surface area contributed by atoms with Crippen molar-refractivity contribution in [3.8, 4) is 11.3 Å². The number of rotatable bonds is 2. The summed E-state index contributed by atoms with van der Waals surface area (Å²) in [7, 11) is 0. The Balaban J connectivity index is 2.28. The number of aromatic carboxylic acids is 1. The molecule has 0 unspecified atom stereocenters. The Bertz CT molecular complexity index is 831. The maximum atomic E-state index is 11.3. The SMILES string of the molecule is O=C(O)c1cc(-c2ccc(Cl)cc2Cl)nc2ncnn12. The summed E-state index contributed by atoms with van der Waals surface area (Å²) in [5, 5.41) is 13.9. The summed E-state index contributed by atoms with van der Waals surface area (Å²) in [5.74, 6) is -0.944.